The van der Waals surface area contributed by atoms with E-state index in [9.17, 15) is 9.59 Å². The Morgan fingerprint density at radius 2 is 2.38 bits per heavy atom. The average molecular weight is 238 g/mol. The first-order valence-corrected chi connectivity index (χ1v) is 6.40. The zero-order chi connectivity index (χ0) is 11.6. The summed E-state index contributed by atoms with van der Waals surface area (Å²) in [5.41, 5.74) is 0.166. The fourth-order valence-corrected chi connectivity index (χ4v) is 2.25. The van der Waals surface area contributed by atoms with Crippen molar-refractivity contribution in [2.24, 2.45) is 0 Å². The molecule has 4 nitrogen and oxygen atoms in total. The highest BCUT2D eigenvalue weighted by molar-refractivity contribution is 8.00. The van der Waals surface area contributed by atoms with Crippen LogP contribution in [-0.2, 0) is 0 Å². The Bertz CT molecular complexity index is 451. The van der Waals surface area contributed by atoms with Gasteiger partial charge in [-0.2, -0.15) is 11.8 Å². The molecule has 0 spiro atoms. The lowest BCUT2D eigenvalue weighted by molar-refractivity contribution is 0.0953. The summed E-state index contributed by atoms with van der Waals surface area (Å²) < 4.78 is 0.247. The van der Waals surface area contributed by atoms with Gasteiger partial charge < -0.3 is 10.3 Å². The molecule has 0 aromatic carbocycles. The van der Waals surface area contributed by atoms with Crippen LogP contribution in [0.3, 0.4) is 0 Å². The zero-order valence-corrected chi connectivity index (χ0v) is 9.89. The van der Waals surface area contributed by atoms with Crippen LogP contribution in [0.25, 0.3) is 0 Å². The molecule has 0 radical (unpaired) electrons. The fraction of sp³-hybridized carbons (Fsp3) is 0.455. The number of hydrogen-bond acceptors (Lipinski definition) is 3. The fourth-order valence-electron chi connectivity index (χ4n) is 1.52. The summed E-state index contributed by atoms with van der Waals surface area (Å²) in [6.07, 6.45) is 5.86. The number of nitrogens with one attached hydrogen (secondary N) is 2. The van der Waals surface area contributed by atoms with Gasteiger partial charge in [-0.15, -0.1) is 0 Å². The van der Waals surface area contributed by atoms with Gasteiger partial charge in [0.25, 0.3) is 5.91 Å². The van der Waals surface area contributed by atoms with Crippen molar-refractivity contribution < 1.29 is 4.79 Å². The minimum absolute atomic E-state index is 0.175. The molecule has 2 rings (SSSR count). The van der Waals surface area contributed by atoms with Gasteiger partial charge in [0.05, 0.1) is 0 Å². The van der Waals surface area contributed by atoms with Gasteiger partial charge in [-0.25, -0.2) is 0 Å². The van der Waals surface area contributed by atoms with Crippen LogP contribution >= 0.6 is 11.8 Å². The van der Waals surface area contributed by atoms with Crippen LogP contribution in [0, 0.1) is 0 Å². The molecule has 16 heavy (non-hydrogen) atoms. The maximum atomic E-state index is 11.7. The first kappa shape index (κ1) is 11.3. The standard InChI is InChI=1S/C11H14N2O2S/c1-16-11(3-4-11)7-13-10(15)8-2-5-12-9(14)6-8/h2,5-6H,3-4,7H2,1H3,(H,12,14)(H,13,15). The van der Waals surface area contributed by atoms with E-state index < -0.39 is 0 Å². The molecular formula is C11H14N2O2S. The second-order valence-electron chi connectivity index (χ2n) is 4.01. The van der Waals surface area contributed by atoms with Crippen LogP contribution < -0.4 is 10.9 Å². The van der Waals surface area contributed by atoms with Gasteiger partial charge in [0.15, 0.2) is 0 Å². The van der Waals surface area contributed by atoms with Gasteiger partial charge in [0, 0.05) is 29.1 Å². The van der Waals surface area contributed by atoms with Crippen LogP contribution in [-0.4, -0.2) is 28.4 Å². The van der Waals surface area contributed by atoms with Crippen molar-refractivity contribution >= 4 is 17.7 Å². The molecule has 0 unspecified atom stereocenters. The molecule has 1 aromatic heterocycles. The summed E-state index contributed by atoms with van der Waals surface area (Å²) in [4.78, 5) is 25.2. The molecule has 86 valence electrons. The summed E-state index contributed by atoms with van der Waals surface area (Å²) in [6.45, 7) is 0.680. The normalized spacial score (nSPS) is 16.8. The molecule has 1 amide bonds. The molecule has 1 aliphatic rings. The zero-order valence-electron chi connectivity index (χ0n) is 9.08. The van der Waals surface area contributed by atoms with E-state index in [0.717, 1.165) is 12.8 Å². The number of rotatable bonds is 4. The van der Waals surface area contributed by atoms with Crippen molar-refractivity contribution in [3.63, 3.8) is 0 Å². The number of pyridine rings is 1. The molecule has 1 aromatic rings. The predicted molar refractivity (Wildman–Crippen MR) is 64.9 cm³/mol. The SMILES string of the molecule is CSC1(CNC(=O)c2cc[nH]c(=O)c2)CC1. The van der Waals surface area contributed by atoms with E-state index in [4.69, 9.17) is 0 Å². The Morgan fingerprint density at radius 3 is 2.94 bits per heavy atom. The van der Waals surface area contributed by atoms with Crippen molar-refractivity contribution in [2.45, 2.75) is 17.6 Å². The third-order valence-electron chi connectivity index (χ3n) is 2.85. The summed E-state index contributed by atoms with van der Waals surface area (Å²) >= 11 is 1.80. The molecule has 1 saturated carbocycles. The highest BCUT2D eigenvalue weighted by Gasteiger charge is 2.41. The maximum Gasteiger partial charge on any atom is 0.251 e. The number of carbonyl (C=O) groups excluding carboxylic acids is 1. The van der Waals surface area contributed by atoms with E-state index in [-0.39, 0.29) is 16.2 Å². The average Bonchev–Trinajstić information content (AvgIpc) is 3.07. The minimum atomic E-state index is -0.251. The van der Waals surface area contributed by atoms with Crippen LogP contribution in [0.5, 0.6) is 0 Å². The maximum absolute atomic E-state index is 11.7. The molecule has 1 heterocycles. The Labute approximate surface area is 97.8 Å². The molecule has 1 fully saturated rings. The minimum Gasteiger partial charge on any atom is -0.351 e. The molecule has 0 bridgehead atoms. The molecule has 0 atom stereocenters. The van der Waals surface area contributed by atoms with Crippen LogP contribution in [0.4, 0.5) is 0 Å². The first-order chi connectivity index (χ1) is 7.65. The van der Waals surface area contributed by atoms with Crippen molar-refractivity contribution in [2.75, 3.05) is 12.8 Å². The Balaban J connectivity index is 1.96. The number of H-pyrrole nitrogens is 1. The lowest BCUT2D eigenvalue weighted by Gasteiger charge is -2.12. The highest BCUT2D eigenvalue weighted by Crippen LogP contribution is 2.46. The van der Waals surface area contributed by atoms with Gasteiger partial charge in [0.2, 0.25) is 5.56 Å². The van der Waals surface area contributed by atoms with Crippen molar-refractivity contribution in [3.8, 4) is 0 Å². The third-order valence-corrected chi connectivity index (χ3v) is 4.27. The van der Waals surface area contributed by atoms with Crippen molar-refractivity contribution in [1.82, 2.24) is 10.3 Å². The quantitative estimate of drug-likeness (QED) is 0.822. The summed E-state index contributed by atoms with van der Waals surface area (Å²) in [5, 5.41) is 2.87. The largest absolute Gasteiger partial charge is 0.351 e. The van der Waals surface area contributed by atoms with E-state index in [2.05, 4.69) is 16.6 Å². The Morgan fingerprint density at radius 1 is 1.62 bits per heavy atom. The van der Waals surface area contributed by atoms with Crippen molar-refractivity contribution in [3.05, 3.63) is 34.2 Å². The summed E-state index contributed by atoms with van der Waals surface area (Å²) in [7, 11) is 0. The number of thioether (sulfide) groups is 1. The van der Waals surface area contributed by atoms with E-state index in [1.807, 2.05) is 0 Å². The number of carbonyl (C=O) groups is 1. The number of aromatic amines is 1. The van der Waals surface area contributed by atoms with Crippen LogP contribution in [0.2, 0.25) is 0 Å². The summed E-state index contributed by atoms with van der Waals surface area (Å²) in [5.74, 6) is -0.175. The first-order valence-electron chi connectivity index (χ1n) is 5.17. The highest BCUT2D eigenvalue weighted by atomic mass is 32.2. The van der Waals surface area contributed by atoms with E-state index in [1.54, 1.807) is 17.8 Å². The van der Waals surface area contributed by atoms with Crippen LogP contribution in [0.15, 0.2) is 23.1 Å². The summed E-state index contributed by atoms with van der Waals surface area (Å²) in [6, 6.07) is 2.92. The van der Waals surface area contributed by atoms with Gasteiger partial charge >= 0.3 is 0 Å². The predicted octanol–water partition coefficient (Wildman–Crippen LogP) is 1.00. The van der Waals surface area contributed by atoms with Gasteiger partial charge in [-0.1, -0.05) is 0 Å². The van der Waals surface area contributed by atoms with E-state index >= 15 is 0 Å². The number of aromatic nitrogens is 1. The molecule has 1 aliphatic carbocycles. The van der Waals surface area contributed by atoms with E-state index in [1.165, 1.54) is 12.3 Å². The second kappa shape index (κ2) is 4.33. The topological polar surface area (TPSA) is 62.0 Å². The second-order valence-corrected chi connectivity index (χ2v) is 5.29. The molecular weight excluding hydrogens is 224 g/mol. The van der Waals surface area contributed by atoms with Gasteiger partial charge in [-0.05, 0) is 25.2 Å². The monoisotopic (exact) mass is 238 g/mol. The smallest absolute Gasteiger partial charge is 0.251 e. The van der Waals surface area contributed by atoms with Crippen LogP contribution in [0.1, 0.15) is 23.2 Å². The van der Waals surface area contributed by atoms with Crippen molar-refractivity contribution in [1.29, 1.82) is 0 Å². The lowest BCUT2D eigenvalue weighted by atomic mass is 10.2. The van der Waals surface area contributed by atoms with Gasteiger partial charge in [0.1, 0.15) is 0 Å². The van der Waals surface area contributed by atoms with Gasteiger partial charge in [-0.3, -0.25) is 9.59 Å². The van der Waals surface area contributed by atoms with E-state index in [0.29, 0.717) is 12.1 Å². The lowest BCUT2D eigenvalue weighted by Crippen LogP contribution is -2.32. The molecule has 0 aliphatic heterocycles. The number of hydrogen-bond donors (Lipinski definition) is 2. The Hall–Kier alpha value is -1.23. The third kappa shape index (κ3) is 2.47. The molecule has 0 saturated heterocycles. The number of amides is 1. The Kier molecular flexibility index (Phi) is 3.05. The molecule has 5 heteroatoms. The molecule has 2 N–H and O–H groups in total.